The fourth-order valence-electron chi connectivity index (χ4n) is 7.89. The molecule has 68 heavy (non-hydrogen) atoms. The predicted molar refractivity (Wildman–Crippen MR) is 279 cm³/mol. The van der Waals surface area contributed by atoms with Crippen LogP contribution in [0.2, 0.25) is 0 Å². The molecule has 0 aliphatic carbocycles. The largest absolute Gasteiger partial charge is 0.490 e. The highest BCUT2D eigenvalue weighted by Gasteiger charge is 2.21. The van der Waals surface area contributed by atoms with Crippen molar-refractivity contribution in [3.05, 3.63) is 60.7 Å². The number of fused-ring (bicyclic) bond motifs is 6. The predicted octanol–water partition coefficient (Wildman–Crippen LogP) is 15.5. The third kappa shape index (κ3) is 18.4. The number of esters is 2. The highest BCUT2D eigenvalue weighted by molar-refractivity contribution is 6.26. The molecule has 0 heterocycles. The molecule has 0 aliphatic heterocycles. The Balaban J connectivity index is 1.90. The first-order chi connectivity index (χ1) is 33.1. The summed E-state index contributed by atoms with van der Waals surface area (Å²) >= 11 is 0. The first-order valence-corrected chi connectivity index (χ1v) is 26.1. The fraction of sp³-hybridized carbons (Fsp3) is 0.586. The van der Waals surface area contributed by atoms with E-state index in [1.165, 1.54) is 12.8 Å². The quantitative estimate of drug-likeness (QED) is 0.0187. The Kier molecular flexibility index (Phi) is 26.0. The standard InChI is InChI=1S/C58H84O10/c1-9-13-17-21-29-61-51-37-45-46(38-52(51)62-30-22-18-14-10-2)50-42-56(66-34-26-28-36-68-58(60)44(7)8)54(64-32-24-20-16-12-4)40-48(50)47-39-53(63-31-23-19-15-11-3)55(41-49(45)47)65-33-25-27-35-67-57(59)43(5)6/h37-42H,5,7,9-36H2,1-4,6,8H3. The second-order valence-corrected chi connectivity index (χ2v) is 18.1. The van der Waals surface area contributed by atoms with Gasteiger partial charge in [0.15, 0.2) is 34.5 Å². The average molecular weight is 941 g/mol. The van der Waals surface area contributed by atoms with Gasteiger partial charge in [-0.3, -0.25) is 0 Å². The van der Waals surface area contributed by atoms with Gasteiger partial charge in [0, 0.05) is 11.1 Å². The normalized spacial score (nSPS) is 11.2. The van der Waals surface area contributed by atoms with Crippen molar-refractivity contribution >= 4 is 44.3 Å². The third-order valence-electron chi connectivity index (χ3n) is 11.9. The van der Waals surface area contributed by atoms with E-state index < -0.39 is 0 Å². The fourth-order valence-corrected chi connectivity index (χ4v) is 7.89. The van der Waals surface area contributed by atoms with Crippen LogP contribution in [0.4, 0.5) is 0 Å². The summed E-state index contributed by atoms with van der Waals surface area (Å²) < 4.78 is 50.4. The monoisotopic (exact) mass is 941 g/mol. The van der Waals surface area contributed by atoms with Gasteiger partial charge in [-0.05, 0) is 134 Å². The summed E-state index contributed by atoms with van der Waals surface area (Å²) in [5.41, 5.74) is 0.775. The zero-order valence-corrected chi connectivity index (χ0v) is 42.8. The Morgan fingerprint density at radius 1 is 0.324 bits per heavy atom. The van der Waals surface area contributed by atoms with Gasteiger partial charge in [0.2, 0.25) is 0 Å². The van der Waals surface area contributed by atoms with Crippen LogP contribution in [0.25, 0.3) is 32.3 Å². The van der Waals surface area contributed by atoms with E-state index in [0.717, 1.165) is 134 Å². The Bertz CT molecular complexity index is 2000. The molecule has 0 unspecified atom stereocenters. The molecule has 10 nitrogen and oxygen atoms in total. The lowest BCUT2D eigenvalue weighted by Crippen LogP contribution is -2.08. The van der Waals surface area contributed by atoms with Crippen LogP contribution < -0.4 is 28.4 Å². The number of unbranched alkanes of at least 4 members (excludes halogenated alkanes) is 14. The lowest BCUT2D eigenvalue weighted by atomic mass is 9.93. The van der Waals surface area contributed by atoms with Crippen molar-refractivity contribution in [1.82, 2.24) is 0 Å². The van der Waals surface area contributed by atoms with E-state index >= 15 is 0 Å². The van der Waals surface area contributed by atoms with Crippen LogP contribution >= 0.6 is 0 Å². The van der Waals surface area contributed by atoms with Crippen LogP contribution in [-0.2, 0) is 19.1 Å². The third-order valence-corrected chi connectivity index (χ3v) is 11.9. The van der Waals surface area contributed by atoms with Crippen LogP contribution in [0.5, 0.6) is 34.5 Å². The maximum Gasteiger partial charge on any atom is 0.333 e. The van der Waals surface area contributed by atoms with Gasteiger partial charge in [-0.25, -0.2) is 9.59 Å². The Labute approximate surface area is 408 Å². The Morgan fingerprint density at radius 2 is 0.515 bits per heavy atom. The Hall–Kier alpha value is -5.12. The molecule has 0 N–H and O–H groups in total. The van der Waals surface area contributed by atoms with E-state index in [-0.39, 0.29) is 11.9 Å². The van der Waals surface area contributed by atoms with Gasteiger partial charge in [0.1, 0.15) is 0 Å². The van der Waals surface area contributed by atoms with Gasteiger partial charge in [-0.1, -0.05) is 118 Å². The molecule has 0 spiro atoms. The molecule has 0 fully saturated rings. The minimum atomic E-state index is -0.379. The van der Waals surface area contributed by atoms with E-state index in [2.05, 4.69) is 77.3 Å². The van der Waals surface area contributed by atoms with Crippen molar-refractivity contribution in [3.63, 3.8) is 0 Å². The summed E-state index contributed by atoms with van der Waals surface area (Å²) in [5.74, 6) is 3.37. The number of ether oxygens (including phenoxy) is 8. The molecular formula is C58H84O10. The maximum absolute atomic E-state index is 12.0. The van der Waals surface area contributed by atoms with Gasteiger partial charge in [-0.2, -0.15) is 0 Å². The number of hydrogen-bond donors (Lipinski definition) is 0. The van der Waals surface area contributed by atoms with Gasteiger partial charge in [0.25, 0.3) is 0 Å². The molecular weight excluding hydrogens is 857 g/mol. The van der Waals surface area contributed by atoms with Crippen molar-refractivity contribution in [2.45, 2.75) is 170 Å². The van der Waals surface area contributed by atoms with E-state index in [9.17, 15) is 9.59 Å². The number of benzene rings is 4. The first kappa shape index (κ1) is 55.5. The molecule has 4 rings (SSSR count). The van der Waals surface area contributed by atoms with E-state index in [4.69, 9.17) is 37.9 Å². The molecule has 10 heteroatoms. The molecule has 376 valence electrons. The number of rotatable bonds is 38. The molecule has 0 saturated heterocycles. The summed E-state index contributed by atoms with van der Waals surface area (Å²) in [6, 6.07) is 12.8. The summed E-state index contributed by atoms with van der Waals surface area (Å²) in [5, 5.41) is 5.98. The van der Waals surface area contributed by atoms with Gasteiger partial charge in [0.05, 0.1) is 52.9 Å². The lowest BCUT2D eigenvalue weighted by Gasteiger charge is -2.21. The van der Waals surface area contributed by atoms with Gasteiger partial charge < -0.3 is 37.9 Å². The zero-order valence-electron chi connectivity index (χ0n) is 42.8. The molecule has 0 radical (unpaired) electrons. The second-order valence-electron chi connectivity index (χ2n) is 18.1. The van der Waals surface area contributed by atoms with Crippen LogP contribution in [0.3, 0.4) is 0 Å². The molecule has 4 aromatic carbocycles. The SMILES string of the molecule is C=C(C)C(=O)OCCCCOc1cc2c3cc(OCCCCCC)c(OCCCCCC)cc3c3cc(OCCCCOC(=O)C(=C)C)c(OCCCCCC)cc3c2cc1OCCCCCC. The lowest BCUT2D eigenvalue weighted by molar-refractivity contribution is -0.139. The van der Waals surface area contributed by atoms with Crippen LogP contribution in [0.1, 0.15) is 170 Å². The number of carbonyl (C=O) groups is 2. The average Bonchev–Trinajstić information content (AvgIpc) is 3.33. The van der Waals surface area contributed by atoms with Crippen molar-refractivity contribution in [3.8, 4) is 34.5 Å². The topological polar surface area (TPSA) is 108 Å². The highest BCUT2D eigenvalue weighted by atomic mass is 16.5. The first-order valence-electron chi connectivity index (χ1n) is 26.1. The second kappa shape index (κ2) is 31.8. The molecule has 0 aliphatic rings. The molecule has 0 aromatic heterocycles. The summed E-state index contributed by atoms with van der Waals surface area (Å²) in [4.78, 5) is 24.0. The molecule has 0 amide bonds. The molecule has 0 saturated carbocycles. The zero-order chi connectivity index (χ0) is 48.9. The maximum atomic E-state index is 12.0. The highest BCUT2D eigenvalue weighted by Crippen LogP contribution is 2.47. The number of carbonyl (C=O) groups excluding carboxylic acids is 2. The van der Waals surface area contributed by atoms with Crippen LogP contribution in [-0.4, -0.2) is 64.8 Å². The summed E-state index contributed by atoms with van der Waals surface area (Å²) in [7, 11) is 0. The van der Waals surface area contributed by atoms with E-state index in [0.29, 0.717) is 113 Å². The van der Waals surface area contributed by atoms with Crippen molar-refractivity contribution < 1.29 is 47.5 Å². The van der Waals surface area contributed by atoms with Gasteiger partial charge in [-0.15, -0.1) is 0 Å². The van der Waals surface area contributed by atoms with Gasteiger partial charge >= 0.3 is 11.9 Å². The van der Waals surface area contributed by atoms with E-state index in [1.807, 2.05) is 0 Å². The van der Waals surface area contributed by atoms with Crippen LogP contribution in [0.15, 0.2) is 60.7 Å². The molecule has 4 aromatic rings. The summed E-state index contributed by atoms with van der Waals surface area (Å²) in [6.45, 7) is 23.3. The van der Waals surface area contributed by atoms with Crippen molar-refractivity contribution in [1.29, 1.82) is 0 Å². The van der Waals surface area contributed by atoms with Crippen molar-refractivity contribution in [2.75, 3.05) is 52.9 Å². The number of hydrogen-bond acceptors (Lipinski definition) is 10. The minimum Gasteiger partial charge on any atom is -0.490 e. The van der Waals surface area contributed by atoms with Crippen molar-refractivity contribution in [2.24, 2.45) is 0 Å². The minimum absolute atomic E-state index is 0.300. The Morgan fingerprint density at radius 3 is 0.706 bits per heavy atom. The van der Waals surface area contributed by atoms with E-state index in [1.54, 1.807) is 13.8 Å². The summed E-state index contributed by atoms with van der Waals surface area (Å²) in [6.07, 6.45) is 20.1. The molecule has 0 atom stereocenters. The molecule has 0 bridgehead atoms. The van der Waals surface area contributed by atoms with Crippen LogP contribution in [0, 0.1) is 0 Å². The smallest absolute Gasteiger partial charge is 0.333 e.